The van der Waals surface area contributed by atoms with Crippen LogP contribution >= 0.6 is 0 Å². The second kappa shape index (κ2) is 9.85. The maximum atomic E-state index is 5.73. The lowest BCUT2D eigenvalue weighted by molar-refractivity contribution is 0.259. The van der Waals surface area contributed by atoms with Crippen LogP contribution in [-0.2, 0) is 6.54 Å². The van der Waals surface area contributed by atoms with E-state index < -0.39 is 0 Å². The van der Waals surface area contributed by atoms with Crippen LogP contribution in [0.2, 0.25) is 0 Å². The minimum absolute atomic E-state index is 0.852. The Labute approximate surface area is 119 Å². The summed E-state index contributed by atoms with van der Waals surface area (Å²) in [5.74, 6) is 0. The molecule has 19 heavy (non-hydrogen) atoms. The molecule has 1 rings (SSSR count). The zero-order valence-corrected chi connectivity index (χ0v) is 12.7. The molecule has 0 aromatic heterocycles. The maximum absolute atomic E-state index is 5.73. The minimum Gasteiger partial charge on any atom is -0.399 e. The normalized spacial score (nSPS) is 11.1. The van der Waals surface area contributed by atoms with E-state index in [2.05, 4.69) is 30.9 Å². The quantitative estimate of drug-likeness (QED) is 0.498. The van der Waals surface area contributed by atoms with Gasteiger partial charge in [-0.25, -0.2) is 0 Å². The third-order valence-corrected chi connectivity index (χ3v) is 3.50. The molecule has 1 aromatic rings. The fourth-order valence-electron chi connectivity index (χ4n) is 2.41. The summed E-state index contributed by atoms with van der Waals surface area (Å²) >= 11 is 0. The van der Waals surface area contributed by atoms with E-state index in [0.717, 1.165) is 12.2 Å². The van der Waals surface area contributed by atoms with Crippen molar-refractivity contribution in [3.05, 3.63) is 29.8 Å². The van der Waals surface area contributed by atoms with Gasteiger partial charge in [0.05, 0.1) is 0 Å². The Balaban J connectivity index is 2.33. The van der Waals surface area contributed by atoms with Crippen molar-refractivity contribution in [2.75, 3.05) is 18.8 Å². The second-order valence-corrected chi connectivity index (χ2v) is 5.43. The number of hydrogen-bond acceptors (Lipinski definition) is 2. The molecule has 0 saturated heterocycles. The van der Waals surface area contributed by atoms with E-state index in [-0.39, 0.29) is 0 Å². The Kier molecular flexibility index (Phi) is 8.31. The SMILES string of the molecule is CCCCCCCN(CCC)Cc1ccc(N)cc1. The third kappa shape index (κ3) is 7.22. The predicted molar refractivity (Wildman–Crippen MR) is 85.2 cm³/mol. The van der Waals surface area contributed by atoms with Crippen LogP contribution < -0.4 is 5.73 Å². The zero-order valence-electron chi connectivity index (χ0n) is 12.7. The number of unbranched alkanes of at least 4 members (excludes halogenated alkanes) is 4. The van der Waals surface area contributed by atoms with Crippen LogP contribution in [0.15, 0.2) is 24.3 Å². The van der Waals surface area contributed by atoms with Crippen LogP contribution in [0.4, 0.5) is 5.69 Å². The number of benzene rings is 1. The summed E-state index contributed by atoms with van der Waals surface area (Å²) in [5.41, 5.74) is 7.95. The average molecular weight is 262 g/mol. The Morgan fingerprint density at radius 3 is 2.16 bits per heavy atom. The van der Waals surface area contributed by atoms with E-state index >= 15 is 0 Å². The fraction of sp³-hybridized carbons (Fsp3) is 0.647. The number of hydrogen-bond donors (Lipinski definition) is 1. The highest BCUT2D eigenvalue weighted by molar-refractivity contribution is 5.39. The molecule has 2 N–H and O–H groups in total. The molecule has 0 heterocycles. The highest BCUT2D eigenvalue weighted by atomic mass is 15.1. The maximum Gasteiger partial charge on any atom is 0.0314 e. The van der Waals surface area contributed by atoms with Gasteiger partial charge in [0, 0.05) is 12.2 Å². The van der Waals surface area contributed by atoms with Crippen molar-refractivity contribution in [2.24, 2.45) is 0 Å². The molecule has 0 amide bonds. The van der Waals surface area contributed by atoms with Crippen molar-refractivity contribution in [3.63, 3.8) is 0 Å². The molecule has 0 fully saturated rings. The summed E-state index contributed by atoms with van der Waals surface area (Å²) in [6.45, 7) is 8.00. The van der Waals surface area contributed by atoms with Crippen LogP contribution in [0, 0.1) is 0 Å². The van der Waals surface area contributed by atoms with Gasteiger partial charge in [0.1, 0.15) is 0 Å². The van der Waals surface area contributed by atoms with E-state index in [1.54, 1.807) is 0 Å². The molecule has 0 aliphatic rings. The van der Waals surface area contributed by atoms with Crippen molar-refractivity contribution < 1.29 is 0 Å². The molecule has 0 bridgehead atoms. The van der Waals surface area contributed by atoms with Gasteiger partial charge in [-0.15, -0.1) is 0 Å². The lowest BCUT2D eigenvalue weighted by Gasteiger charge is -2.21. The van der Waals surface area contributed by atoms with E-state index in [9.17, 15) is 0 Å². The Bertz CT molecular complexity index is 319. The minimum atomic E-state index is 0.852. The number of anilines is 1. The van der Waals surface area contributed by atoms with Crippen LogP contribution in [0.25, 0.3) is 0 Å². The predicted octanol–water partition coefficient (Wildman–Crippen LogP) is 4.45. The molecule has 0 aliphatic carbocycles. The van der Waals surface area contributed by atoms with Crippen LogP contribution in [-0.4, -0.2) is 18.0 Å². The first-order valence-electron chi connectivity index (χ1n) is 7.83. The van der Waals surface area contributed by atoms with Gasteiger partial charge in [0.2, 0.25) is 0 Å². The lowest BCUT2D eigenvalue weighted by Crippen LogP contribution is -2.25. The van der Waals surface area contributed by atoms with E-state index in [4.69, 9.17) is 5.73 Å². The lowest BCUT2D eigenvalue weighted by atomic mass is 10.1. The molecule has 0 spiro atoms. The molecule has 0 saturated carbocycles. The first-order valence-corrected chi connectivity index (χ1v) is 7.83. The van der Waals surface area contributed by atoms with Crippen molar-refractivity contribution in [1.82, 2.24) is 4.90 Å². The number of nitrogen functional groups attached to an aromatic ring is 1. The monoisotopic (exact) mass is 262 g/mol. The van der Waals surface area contributed by atoms with E-state index in [0.29, 0.717) is 0 Å². The third-order valence-electron chi connectivity index (χ3n) is 3.50. The second-order valence-electron chi connectivity index (χ2n) is 5.43. The van der Waals surface area contributed by atoms with Gasteiger partial charge in [0.15, 0.2) is 0 Å². The molecule has 1 aromatic carbocycles. The smallest absolute Gasteiger partial charge is 0.0314 e. The fourth-order valence-corrected chi connectivity index (χ4v) is 2.41. The average Bonchev–Trinajstić information content (AvgIpc) is 2.41. The van der Waals surface area contributed by atoms with Crippen molar-refractivity contribution in [1.29, 1.82) is 0 Å². The van der Waals surface area contributed by atoms with Gasteiger partial charge in [0.25, 0.3) is 0 Å². The first-order chi connectivity index (χ1) is 9.26. The molecular weight excluding hydrogens is 232 g/mol. The number of nitrogens with zero attached hydrogens (tertiary/aromatic N) is 1. The largest absolute Gasteiger partial charge is 0.399 e. The zero-order chi connectivity index (χ0) is 13.9. The van der Waals surface area contributed by atoms with Crippen LogP contribution in [0.3, 0.4) is 0 Å². The molecule has 0 aliphatic heterocycles. The van der Waals surface area contributed by atoms with E-state index in [1.165, 1.54) is 57.2 Å². The number of rotatable bonds is 10. The van der Waals surface area contributed by atoms with Crippen molar-refractivity contribution >= 4 is 5.69 Å². The molecule has 0 atom stereocenters. The Hall–Kier alpha value is -1.02. The molecular formula is C17H30N2. The van der Waals surface area contributed by atoms with Gasteiger partial charge >= 0.3 is 0 Å². The van der Waals surface area contributed by atoms with Crippen molar-refractivity contribution in [3.8, 4) is 0 Å². The van der Waals surface area contributed by atoms with Crippen LogP contribution in [0.5, 0.6) is 0 Å². The Morgan fingerprint density at radius 2 is 1.53 bits per heavy atom. The van der Waals surface area contributed by atoms with Gasteiger partial charge in [-0.1, -0.05) is 51.7 Å². The first kappa shape index (κ1) is 16.0. The van der Waals surface area contributed by atoms with Crippen molar-refractivity contribution in [2.45, 2.75) is 58.9 Å². The summed E-state index contributed by atoms with van der Waals surface area (Å²) in [4.78, 5) is 2.57. The summed E-state index contributed by atoms with van der Waals surface area (Å²) in [7, 11) is 0. The Morgan fingerprint density at radius 1 is 0.842 bits per heavy atom. The highest BCUT2D eigenvalue weighted by Gasteiger charge is 2.04. The van der Waals surface area contributed by atoms with Gasteiger partial charge < -0.3 is 5.73 Å². The number of nitrogens with two attached hydrogens (primary N) is 1. The molecule has 0 radical (unpaired) electrons. The summed E-state index contributed by atoms with van der Waals surface area (Å²) < 4.78 is 0. The molecule has 2 heteroatoms. The summed E-state index contributed by atoms with van der Waals surface area (Å²) in [6, 6.07) is 8.30. The van der Waals surface area contributed by atoms with Gasteiger partial charge in [-0.2, -0.15) is 0 Å². The summed E-state index contributed by atoms with van der Waals surface area (Å²) in [5, 5.41) is 0. The highest BCUT2D eigenvalue weighted by Crippen LogP contribution is 2.11. The molecule has 2 nitrogen and oxygen atoms in total. The van der Waals surface area contributed by atoms with Crippen LogP contribution in [0.1, 0.15) is 57.9 Å². The van der Waals surface area contributed by atoms with E-state index in [1.807, 2.05) is 12.1 Å². The molecule has 108 valence electrons. The van der Waals surface area contributed by atoms with Gasteiger partial charge in [-0.05, 0) is 43.6 Å². The standard InChI is InChI=1S/C17H30N2/c1-3-5-6-7-8-14-19(13-4-2)15-16-9-11-17(18)12-10-16/h9-12H,3-8,13-15,18H2,1-2H3. The van der Waals surface area contributed by atoms with Gasteiger partial charge in [-0.3, -0.25) is 4.90 Å². The molecule has 0 unspecified atom stereocenters. The topological polar surface area (TPSA) is 29.3 Å². The summed E-state index contributed by atoms with van der Waals surface area (Å²) in [6.07, 6.45) is 8.02.